The zero-order valence-electron chi connectivity index (χ0n) is 8.49. The van der Waals surface area contributed by atoms with Crippen LogP contribution in [0.4, 0.5) is 0 Å². The molecule has 0 atom stereocenters. The van der Waals surface area contributed by atoms with Gasteiger partial charge in [-0.15, -0.1) is 0 Å². The summed E-state index contributed by atoms with van der Waals surface area (Å²) in [4.78, 5) is 4.36. The van der Waals surface area contributed by atoms with E-state index in [4.69, 9.17) is 5.73 Å². The minimum Gasteiger partial charge on any atom is -0.326 e. The lowest BCUT2D eigenvalue weighted by molar-refractivity contribution is 0.669. The summed E-state index contributed by atoms with van der Waals surface area (Å²) in [6, 6.07) is 2.07. The van der Waals surface area contributed by atoms with E-state index in [1.807, 2.05) is 17.8 Å². The molecule has 0 fully saturated rings. The molecular formula is C10H14N4. The predicted molar refractivity (Wildman–Crippen MR) is 55.8 cm³/mol. The summed E-state index contributed by atoms with van der Waals surface area (Å²) in [6.45, 7) is 5.43. The number of nitrogens with zero attached hydrogens (tertiary/aromatic N) is 3. The van der Waals surface area contributed by atoms with Crippen molar-refractivity contribution in [1.29, 1.82) is 0 Å². The second-order valence-electron chi connectivity index (χ2n) is 3.32. The van der Waals surface area contributed by atoms with Crippen LogP contribution in [0.3, 0.4) is 0 Å². The Hall–Kier alpha value is -1.42. The summed E-state index contributed by atoms with van der Waals surface area (Å²) < 4.78 is 1.91. The van der Waals surface area contributed by atoms with Gasteiger partial charge in [-0.1, -0.05) is 0 Å². The number of hydrogen-bond donors (Lipinski definition) is 1. The molecule has 14 heavy (non-hydrogen) atoms. The zero-order chi connectivity index (χ0) is 10.1. The molecule has 0 saturated carbocycles. The first-order chi connectivity index (χ1) is 6.76. The van der Waals surface area contributed by atoms with Crippen LogP contribution < -0.4 is 5.73 Å². The fraction of sp³-hybridized carbons (Fsp3) is 0.400. The fourth-order valence-corrected chi connectivity index (χ4v) is 1.59. The molecule has 2 aromatic heterocycles. The number of rotatable bonds is 2. The molecule has 0 aromatic carbocycles. The first-order valence-corrected chi connectivity index (χ1v) is 4.78. The summed E-state index contributed by atoms with van der Waals surface area (Å²) in [6.07, 6.45) is 1.82. The largest absolute Gasteiger partial charge is 0.326 e. The van der Waals surface area contributed by atoms with E-state index in [0.29, 0.717) is 6.54 Å². The van der Waals surface area contributed by atoms with E-state index in [9.17, 15) is 0 Å². The van der Waals surface area contributed by atoms with Crippen molar-refractivity contribution in [3.05, 3.63) is 23.5 Å². The first kappa shape index (κ1) is 9.15. The van der Waals surface area contributed by atoms with Gasteiger partial charge in [0.2, 0.25) is 0 Å². The molecule has 2 heterocycles. The average Bonchev–Trinajstić information content (AvgIpc) is 2.55. The molecule has 0 aliphatic carbocycles. The van der Waals surface area contributed by atoms with Crippen molar-refractivity contribution < 1.29 is 0 Å². The van der Waals surface area contributed by atoms with E-state index in [1.54, 1.807) is 0 Å². The topological polar surface area (TPSA) is 56.7 Å². The maximum atomic E-state index is 5.56. The van der Waals surface area contributed by atoms with Gasteiger partial charge in [-0.25, -0.2) is 9.67 Å². The fourth-order valence-electron chi connectivity index (χ4n) is 1.59. The van der Waals surface area contributed by atoms with E-state index in [1.165, 1.54) is 0 Å². The van der Waals surface area contributed by atoms with Crippen LogP contribution in [-0.2, 0) is 13.1 Å². The molecule has 0 amide bonds. The Morgan fingerprint density at radius 2 is 2.29 bits per heavy atom. The van der Waals surface area contributed by atoms with Crippen molar-refractivity contribution in [1.82, 2.24) is 14.8 Å². The van der Waals surface area contributed by atoms with Gasteiger partial charge in [0.25, 0.3) is 0 Å². The molecule has 0 aliphatic heterocycles. The third-order valence-corrected chi connectivity index (χ3v) is 2.36. The van der Waals surface area contributed by atoms with Crippen molar-refractivity contribution >= 4 is 11.0 Å². The molecule has 4 heteroatoms. The average molecular weight is 190 g/mol. The molecule has 0 radical (unpaired) electrons. The standard InChI is InChI=1S/C10H14N4/c1-3-14-10-9(7(2)13-14)4-8(5-11)6-12-10/h4,6H,3,5,11H2,1-2H3. The normalized spacial score (nSPS) is 11.1. The maximum absolute atomic E-state index is 5.56. The van der Waals surface area contributed by atoms with Gasteiger partial charge >= 0.3 is 0 Å². The second kappa shape index (κ2) is 3.38. The SMILES string of the molecule is CCn1nc(C)c2cc(CN)cnc21. The Bertz CT molecular complexity index is 458. The lowest BCUT2D eigenvalue weighted by atomic mass is 10.2. The lowest BCUT2D eigenvalue weighted by Crippen LogP contribution is -1.99. The molecule has 0 aliphatic rings. The summed E-state index contributed by atoms with van der Waals surface area (Å²) in [5.74, 6) is 0. The number of nitrogens with two attached hydrogens (primary N) is 1. The zero-order valence-corrected chi connectivity index (χ0v) is 8.49. The summed E-state index contributed by atoms with van der Waals surface area (Å²) >= 11 is 0. The molecule has 4 nitrogen and oxygen atoms in total. The van der Waals surface area contributed by atoms with E-state index >= 15 is 0 Å². The highest BCUT2D eigenvalue weighted by Crippen LogP contribution is 2.16. The van der Waals surface area contributed by atoms with Gasteiger partial charge in [0.15, 0.2) is 5.65 Å². The summed E-state index contributed by atoms with van der Waals surface area (Å²) in [7, 11) is 0. The Balaban J connectivity index is 2.70. The molecule has 74 valence electrons. The monoisotopic (exact) mass is 190 g/mol. The molecule has 2 aromatic rings. The Morgan fingerprint density at radius 3 is 2.93 bits per heavy atom. The molecule has 0 spiro atoms. The van der Waals surface area contributed by atoms with Crippen LogP contribution in [0.2, 0.25) is 0 Å². The van der Waals surface area contributed by atoms with E-state index in [-0.39, 0.29) is 0 Å². The molecular weight excluding hydrogens is 176 g/mol. The van der Waals surface area contributed by atoms with Gasteiger partial charge in [0.1, 0.15) is 0 Å². The minimum atomic E-state index is 0.527. The third kappa shape index (κ3) is 1.28. The number of aryl methyl sites for hydroxylation is 2. The van der Waals surface area contributed by atoms with Crippen LogP contribution in [0.5, 0.6) is 0 Å². The molecule has 0 bridgehead atoms. The van der Waals surface area contributed by atoms with Crippen LogP contribution in [0.15, 0.2) is 12.3 Å². The van der Waals surface area contributed by atoms with Gasteiger partial charge in [-0.2, -0.15) is 5.10 Å². The highest BCUT2D eigenvalue weighted by molar-refractivity contribution is 5.78. The van der Waals surface area contributed by atoms with Crippen molar-refractivity contribution in [2.45, 2.75) is 26.9 Å². The van der Waals surface area contributed by atoms with Crippen LogP contribution in [0, 0.1) is 6.92 Å². The maximum Gasteiger partial charge on any atom is 0.157 e. The van der Waals surface area contributed by atoms with E-state index < -0.39 is 0 Å². The van der Waals surface area contributed by atoms with Gasteiger partial charge in [-0.05, 0) is 25.5 Å². The molecule has 0 saturated heterocycles. The number of pyridine rings is 1. The van der Waals surface area contributed by atoms with Crippen molar-refractivity contribution in [2.75, 3.05) is 0 Å². The van der Waals surface area contributed by atoms with Crippen LogP contribution >= 0.6 is 0 Å². The van der Waals surface area contributed by atoms with Crippen LogP contribution in [0.25, 0.3) is 11.0 Å². The smallest absolute Gasteiger partial charge is 0.157 e. The number of hydrogen-bond acceptors (Lipinski definition) is 3. The van der Waals surface area contributed by atoms with Gasteiger partial charge < -0.3 is 5.73 Å². The van der Waals surface area contributed by atoms with Crippen molar-refractivity contribution in [2.24, 2.45) is 5.73 Å². The first-order valence-electron chi connectivity index (χ1n) is 4.78. The Kier molecular flexibility index (Phi) is 2.21. The lowest BCUT2D eigenvalue weighted by Gasteiger charge is -1.98. The second-order valence-corrected chi connectivity index (χ2v) is 3.32. The molecule has 2 rings (SSSR count). The van der Waals surface area contributed by atoms with Crippen LogP contribution in [-0.4, -0.2) is 14.8 Å². The third-order valence-electron chi connectivity index (χ3n) is 2.36. The highest BCUT2D eigenvalue weighted by Gasteiger charge is 2.07. The van der Waals surface area contributed by atoms with Crippen molar-refractivity contribution in [3.8, 4) is 0 Å². The van der Waals surface area contributed by atoms with Gasteiger partial charge in [0, 0.05) is 24.7 Å². The summed E-state index contributed by atoms with van der Waals surface area (Å²) in [5.41, 5.74) is 8.58. The predicted octanol–water partition coefficient (Wildman–Crippen LogP) is 1.22. The number of fused-ring (bicyclic) bond motifs is 1. The van der Waals surface area contributed by atoms with Crippen LogP contribution in [0.1, 0.15) is 18.2 Å². The van der Waals surface area contributed by atoms with Gasteiger partial charge in [0.05, 0.1) is 5.69 Å². The van der Waals surface area contributed by atoms with E-state index in [0.717, 1.165) is 28.8 Å². The Morgan fingerprint density at radius 1 is 1.50 bits per heavy atom. The number of aromatic nitrogens is 3. The van der Waals surface area contributed by atoms with Crippen molar-refractivity contribution in [3.63, 3.8) is 0 Å². The van der Waals surface area contributed by atoms with E-state index in [2.05, 4.69) is 23.1 Å². The quantitative estimate of drug-likeness (QED) is 0.774. The van der Waals surface area contributed by atoms with Gasteiger partial charge in [-0.3, -0.25) is 0 Å². The Labute approximate surface area is 82.7 Å². The minimum absolute atomic E-state index is 0.527. The summed E-state index contributed by atoms with van der Waals surface area (Å²) in [5, 5.41) is 5.50. The molecule has 2 N–H and O–H groups in total. The molecule has 0 unspecified atom stereocenters. The highest BCUT2D eigenvalue weighted by atomic mass is 15.3.